The fourth-order valence-electron chi connectivity index (χ4n) is 1.11. The zero-order valence-electron chi connectivity index (χ0n) is 8.40. The summed E-state index contributed by atoms with van der Waals surface area (Å²) in [6.45, 7) is 1.76. The van der Waals surface area contributed by atoms with Crippen LogP contribution in [0, 0.1) is 0 Å². The highest BCUT2D eigenvalue weighted by Gasteiger charge is 1.93. The smallest absolute Gasteiger partial charge is 0.124 e. The Hall–Kier alpha value is -1.35. The van der Waals surface area contributed by atoms with Crippen LogP contribution in [-0.4, -0.2) is 31.5 Å². The predicted molar refractivity (Wildman–Crippen MR) is 59.1 cm³/mol. The SMILES string of the molecule is CNCCCN=Cc1ccccc1O. The number of phenols is 1. The molecule has 76 valence electrons. The van der Waals surface area contributed by atoms with Gasteiger partial charge in [-0.3, -0.25) is 4.99 Å². The molecule has 0 atom stereocenters. The summed E-state index contributed by atoms with van der Waals surface area (Å²) in [6, 6.07) is 7.19. The molecule has 3 heteroatoms. The van der Waals surface area contributed by atoms with Crippen LogP contribution >= 0.6 is 0 Å². The molecule has 0 aromatic heterocycles. The predicted octanol–water partition coefficient (Wildman–Crippen LogP) is 1.42. The van der Waals surface area contributed by atoms with Gasteiger partial charge in [0.15, 0.2) is 0 Å². The first-order chi connectivity index (χ1) is 6.84. The molecule has 0 aliphatic carbocycles. The van der Waals surface area contributed by atoms with Crippen LogP contribution < -0.4 is 5.32 Å². The molecule has 0 heterocycles. The minimum atomic E-state index is 0.282. The normalized spacial score (nSPS) is 10.9. The first-order valence-electron chi connectivity index (χ1n) is 4.77. The maximum Gasteiger partial charge on any atom is 0.124 e. The van der Waals surface area contributed by atoms with E-state index >= 15 is 0 Å². The Bertz CT molecular complexity index is 297. The number of rotatable bonds is 5. The second kappa shape index (κ2) is 6.16. The first-order valence-corrected chi connectivity index (χ1v) is 4.77. The topological polar surface area (TPSA) is 44.6 Å². The molecule has 1 aromatic carbocycles. The van der Waals surface area contributed by atoms with Gasteiger partial charge in [-0.2, -0.15) is 0 Å². The zero-order valence-corrected chi connectivity index (χ0v) is 8.40. The monoisotopic (exact) mass is 192 g/mol. The van der Waals surface area contributed by atoms with Gasteiger partial charge in [0.25, 0.3) is 0 Å². The van der Waals surface area contributed by atoms with E-state index in [-0.39, 0.29) is 5.75 Å². The number of aromatic hydroxyl groups is 1. The van der Waals surface area contributed by atoms with E-state index in [9.17, 15) is 5.11 Å². The largest absolute Gasteiger partial charge is 0.507 e. The number of nitrogens with one attached hydrogen (secondary N) is 1. The molecule has 0 saturated carbocycles. The van der Waals surface area contributed by atoms with Gasteiger partial charge < -0.3 is 10.4 Å². The minimum Gasteiger partial charge on any atom is -0.507 e. The highest BCUT2D eigenvalue weighted by molar-refractivity contribution is 5.83. The van der Waals surface area contributed by atoms with Crippen LogP contribution in [0.2, 0.25) is 0 Å². The van der Waals surface area contributed by atoms with Crippen molar-refractivity contribution in [2.45, 2.75) is 6.42 Å². The van der Waals surface area contributed by atoms with Crippen LogP contribution in [0.4, 0.5) is 0 Å². The third-order valence-electron chi connectivity index (χ3n) is 1.88. The molecule has 1 aromatic rings. The van der Waals surface area contributed by atoms with Gasteiger partial charge in [-0.05, 0) is 32.1 Å². The van der Waals surface area contributed by atoms with Crippen molar-refractivity contribution in [2.75, 3.05) is 20.1 Å². The van der Waals surface area contributed by atoms with Gasteiger partial charge in [0.2, 0.25) is 0 Å². The molecule has 0 fully saturated rings. The van der Waals surface area contributed by atoms with Crippen LogP contribution in [-0.2, 0) is 0 Å². The Morgan fingerprint density at radius 1 is 1.43 bits per heavy atom. The Morgan fingerprint density at radius 3 is 2.93 bits per heavy atom. The van der Waals surface area contributed by atoms with Gasteiger partial charge in [-0.15, -0.1) is 0 Å². The van der Waals surface area contributed by atoms with Crippen molar-refractivity contribution in [1.82, 2.24) is 5.32 Å². The van der Waals surface area contributed by atoms with E-state index in [1.165, 1.54) is 0 Å². The maximum absolute atomic E-state index is 9.41. The Kier molecular flexibility index (Phi) is 4.72. The second-order valence-electron chi connectivity index (χ2n) is 3.05. The van der Waals surface area contributed by atoms with E-state index in [0.29, 0.717) is 0 Å². The van der Waals surface area contributed by atoms with Gasteiger partial charge in [-0.25, -0.2) is 0 Å². The van der Waals surface area contributed by atoms with E-state index in [2.05, 4.69) is 10.3 Å². The summed E-state index contributed by atoms with van der Waals surface area (Å²) >= 11 is 0. The van der Waals surface area contributed by atoms with Gasteiger partial charge in [0.05, 0.1) is 0 Å². The third kappa shape index (κ3) is 3.58. The molecule has 0 aliphatic heterocycles. The quantitative estimate of drug-likeness (QED) is 0.547. The molecule has 14 heavy (non-hydrogen) atoms. The van der Waals surface area contributed by atoms with E-state index in [1.54, 1.807) is 18.3 Å². The minimum absolute atomic E-state index is 0.282. The van der Waals surface area contributed by atoms with Gasteiger partial charge in [-0.1, -0.05) is 12.1 Å². The average molecular weight is 192 g/mol. The van der Waals surface area contributed by atoms with Crippen LogP contribution in [0.1, 0.15) is 12.0 Å². The van der Waals surface area contributed by atoms with E-state index in [4.69, 9.17) is 0 Å². The van der Waals surface area contributed by atoms with Crippen molar-refractivity contribution in [1.29, 1.82) is 0 Å². The molecular formula is C11H16N2O. The summed E-state index contributed by atoms with van der Waals surface area (Å²) in [5, 5.41) is 12.5. The molecular weight excluding hydrogens is 176 g/mol. The lowest BCUT2D eigenvalue weighted by atomic mass is 10.2. The van der Waals surface area contributed by atoms with Crippen molar-refractivity contribution in [2.24, 2.45) is 4.99 Å². The fraction of sp³-hybridized carbons (Fsp3) is 0.364. The fourth-order valence-corrected chi connectivity index (χ4v) is 1.11. The number of aliphatic imine (C=N–C) groups is 1. The van der Waals surface area contributed by atoms with E-state index < -0.39 is 0 Å². The highest BCUT2D eigenvalue weighted by atomic mass is 16.3. The Morgan fingerprint density at radius 2 is 2.21 bits per heavy atom. The van der Waals surface area contributed by atoms with Crippen molar-refractivity contribution in [3.8, 4) is 5.75 Å². The summed E-state index contributed by atoms with van der Waals surface area (Å²) < 4.78 is 0. The maximum atomic E-state index is 9.41. The number of hydrogen-bond acceptors (Lipinski definition) is 3. The number of hydrogen-bond donors (Lipinski definition) is 2. The van der Waals surface area contributed by atoms with E-state index in [1.807, 2.05) is 19.2 Å². The molecule has 2 N–H and O–H groups in total. The standard InChI is InChI=1S/C11H16N2O/c1-12-7-4-8-13-9-10-5-2-3-6-11(10)14/h2-3,5-6,9,12,14H,4,7-8H2,1H3. The molecule has 1 rings (SSSR count). The van der Waals surface area contributed by atoms with Crippen molar-refractivity contribution < 1.29 is 5.11 Å². The van der Waals surface area contributed by atoms with Gasteiger partial charge in [0, 0.05) is 18.3 Å². The first kappa shape index (κ1) is 10.7. The molecule has 0 unspecified atom stereocenters. The lowest BCUT2D eigenvalue weighted by molar-refractivity contribution is 0.474. The summed E-state index contributed by atoms with van der Waals surface area (Å²) in [5.74, 6) is 0.282. The molecule has 0 amide bonds. The van der Waals surface area contributed by atoms with Crippen molar-refractivity contribution >= 4 is 6.21 Å². The summed E-state index contributed by atoms with van der Waals surface area (Å²) in [6.07, 6.45) is 2.73. The summed E-state index contributed by atoms with van der Waals surface area (Å²) in [7, 11) is 1.92. The van der Waals surface area contributed by atoms with Gasteiger partial charge >= 0.3 is 0 Å². The molecule has 0 radical (unpaired) electrons. The molecule has 0 saturated heterocycles. The Balaban J connectivity index is 2.40. The van der Waals surface area contributed by atoms with Crippen LogP contribution in [0.5, 0.6) is 5.75 Å². The average Bonchev–Trinajstić information content (AvgIpc) is 2.20. The van der Waals surface area contributed by atoms with Crippen molar-refractivity contribution in [3.63, 3.8) is 0 Å². The zero-order chi connectivity index (χ0) is 10.2. The summed E-state index contributed by atoms with van der Waals surface area (Å²) in [5.41, 5.74) is 0.775. The van der Waals surface area contributed by atoms with Crippen molar-refractivity contribution in [3.05, 3.63) is 29.8 Å². The number of nitrogens with zero attached hydrogens (tertiary/aromatic N) is 1. The molecule has 3 nitrogen and oxygen atoms in total. The number of phenolic OH excluding ortho intramolecular Hbond substituents is 1. The molecule has 0 aliphatic rings. The van der Waals surface area contributed by atoms with Crippen LogP contribution in [0.15, 0.2) is 29.3 Å². The molecule has 0 bridgehead atoms. The van der Waals surface area contributed by atoms with Crippen LogP contribution in [0.25, 0.3) is 0 Å². The third-order valence-corrected chi connectivity index (χ3v) is 1.88. The molecule has 0 spiro atoms. The summed E-state index contributed by atoms with van der Waals surface area (Å²) in [4.78, 5) is 4.21. The lowest BCUT2D eigenvalue weighted by Crippen LogP contribution is -2.08. The van der Waals surface area contributed by atoms with Crippen LogP contribution in [0.3, 0.4) is 0 Å². The highest BCUT2D eigenvalue weighted by Crippen LogP contribution is 2.12. The number of para-hydroxylation sites is 1. The van der Waals surface area contributed by atoms with E-state index in [0.717, 1.165) is 25.1 Å². The number of benzene rings is 1. The Labute approximate surface area is 84.5 Å². The lowest BCUT2D eigenvalue weighted by Gasteiger charge is -1.97. The second-order valence-corrected chi connectivity index (χ2v) is 3.05. The van der Waals surface area contributed by atoms with Gasteiger partial charge in [0.1, 0.15) is 5.75 Å².